The molecule has 0 aliphatic carbocycles. The van der Waals surface area contributed by atoms with Gasteiger partial charge in [-0.2, -0.15) is 0 Å². The van der Waals surface area contributed by atoms with Crippen LogP contribution in [-0.4, -0.2) is 37.8 Å². The smallest absolute Gasteiger partial charge is 0.185 e. The number of hydrogen-bond donors (Lipinski definition) is 1. The van der Waals surface area contributed by atoms with Crippen LogP contribution in [0, 0.1) is 0 Å². The summed E-state index contributed by atoms with van der Waals surface area (Å²) in [4.78, 5) is 8.25. The van der Waals surface area contributed by atoms with Gasteiger partial charge in [-0.1, -0.05) is 0 Å². The zero-order chi connectivity index (χ0) is 10.8. The molecule has 88 valence electrons. The molecule has 0 radical (unpaired) electrons. The number of ether oxygens (including phenoxy) is 1. The normalized spacial score (nSPS) is 26.2. The van der Waals surface area contributed by atoms with Crippen LogP contribution in [0.2, 0.25) is 0 Å². The molecule has 1 unspecified atom stereocenters. The van der Waals surface area contributed by atoms with E-state index in [1.807, 2.05) is 17.5 Å². The lowest BCUT2D eigenvalue weighted by atomic mass is 10.2. The molecule has 0 spiro atoms. The molecule has 0 saturated carbocycles. The number of aromatic nitrogens is 1. The fourth-order valence-electron chi connectivity index (χ4n) is 2.27. The molecule has 3 rings (SSSR count). The Bertz CT molecular complexity index is 343. The standard InChI is InChI=1S/C11H17N3OS/c1-2-9(12-3-1)10-8-13-11(16-10)14-4-6-15-7-5-14/h8-9,12H,1-7H2. The molecule has 0 amide bonds. The molecule has 1 N–H and O–H groups in total. The molecule has 2 fully saturated rings. The topological polar surface area (TPSA) is 37.4 Å². The summed E-state index contributed by atoms with van der Waals surface area (Å²) < 4.78 is 5.35. The van der Waals surface area contributed by atoms with Crippen molar-refractivity contribution in [1.82, 2.24) is 10.3 Å². The summed E-state index contributed by atoms with van der Waals surface area (Å²) in [7, 11) is 0. The molecular formula is C11H17N3OS. The molecule has 4 nitrogen and oxygen atoms in total. The molecule has 2 saturated heterocycles. The summed E-state index contributed by atoms with van der Waals surface area (Å²) in [5, 5.41) is 4.68. The quantitative estimate of drug-likeness (QED) is 0.846. The number of anilines is 1. The van der Waals surface area contributed by atoms with Gasteiger partial charge in [0, 0.05) is 30.2 Å². The SMILES string of the molecule is c1nc(N2CCOCC2)sc1C1CCCN1. The highest BCUT2D eigenvalue weighted by Crippen LogP contribution is 2.31. The zero-order valence-corrected chi connectivity index (χ0v) is 10.1. The number of rotatable bonds is 2. The van der Waals surface area contributed by atoms with Gasteiger partial charge >= 0.3 is 0 Å². The van der Waals surface area contributed by atoms with Crippen molar-refractivity contribution in [3.8, 4) is 0 Å². The van der Waals surface area contributed by atoms with Gasteiger partial charge in [0.2, 0.25) is 0 Å². The first-order valence-electron chi connectivity index (χ1n) is 5.95. The molecule has 1 atom stereocenters. The summed E-state index contributed by atoms with van der Waals surface area (Å²) in [6.45, 7) is 4.76. The maximum Gasteiger partial charge on any atom is 0.185 e. The lowest BCUT2D eigenvalue weighted by Gasteiger charge is -2.26. The third kappa shape index (κ3) is 2.07. The van der Waals surface area contributed by atoms with E-state index in [-0.39, 0.29) is 0 Å². The van der Waals surface area contributed by atoms with E-state index in [0.29, 0.717) is 6.04 Å². The van der Waals surface area contributed by atoms with Crippen molar-refractivity contribution in [2.24, 2.45) is 0 Å². The van der Waals surface area contributed by atoms with E-state index in [1.165, 1.54) is 17.7 Å². The van der Waals surface area contributed by atoms with E-state index in [9.17, 15) is 0 Å². The van der Waals surface area contributed by atoms with Gasteiger partial charge in [0.05, 0.1) is 13.2 Å². The molecular weight excluding hydrogens is 222 g/mol. The van der Waals surface area contributed by atoms with Crippen LogP contribution < -0.4 is 10.2 Å². The Balaban J connectivity index is 1.71. The lowest BCUT2D eigenvalue weighted by Crippen LogP contribution is -2.36. The molecule has 2 aliphatic rings. The minimum absolute atomic E-state index is 0.548. The largest absolute Gasteiger partial charge is 0.378 e. The third-order valence-electron chi connectivity index (χ3n) is 3.20. The first-order valence-corrected chi connectivity index (χ1v) is 6.77. The second-order valence-corrected chi connectivity index (χ2v) is 5.33. The zero-order valence-electron chi connectivity index (χ0n) is 9.32. The highest BCUT2D eigenvalue weighted by molar-refractivity contribution is 7.15. The van der Waals surface area contributed by atoms with E-state index < -0.39 is 0 Å². The van der Waals surface area contributed by atoms with Crippen LogP contribution in [0.25, 0.3) is 0 Å². The van der Waals surface area contributed by atoms with Crippen LogP contribution in [0.15, 0.2) is 6.20 Å². The van der Waals surface area contributed by atoms with Crippen molar-refractivity contribution in [1.29, 1.82) is 0 Å². The van der Waals surface area contributed by atoms with E-state index >= 15 is 0 Å². The van der Waals surface area contributed by atoms with Gasteiger partial charge in [-0.15, -0.1) is 11.3 Å². The number of nitrogens with one attached hydrogen (secondary N) is 1. The highest BCUT2D eigenvalue weighted by Gasteiger charge is 2.21. The molecule has 3 heterocycles. The minimum atomic E-state index is 0.548. The molecule has 2 aliphatic heterocycles. The van der Waals surface area contributed by atoms with Gasteiger partial charge in [-0.25, -0.2) is 4.98 Å². The Labute approximate surface area is 99.6 Å². The molecule has 1 aromatic rings. The van der Waals surface area contributed by atoms with Crippen molar-refractivity contribution >= 4 is 16.5 Å². The molecule has 0 bridgehead atoms. The van der Waals surface area contributed by atoms with Gasteiger partial charge in [0.25, 0.3) is 0 Å². The maximum atomic E-state index is 5.35. The van der Waals surface area contributed by atoms with Gasteiger partial charge in [-0.05, 0) is 19.4 Å². The predicted octanol–water partition coefficient (Wildman–Crippen LogP) is 1.40. The first kappa shape index (κ1) is 10.5. The van der Waals surface area contributed by atoms with Crippen LogP contribution in [0.3, 0.4) is 0 Å². The Morgan fingerprint density at radius 1 is 1.44 bits per heavy atom. The van der Waals surface area contributed by atoms with Crippen LogP contribution in [0.5, 0.6) is 0 Å². The second-order valence-electron chi connectivity index (χ2n) is 4.29. The summed E-state index contributed by atoms with van der Waals surface area (Å²) in [5.74, 6) is 0. The Morgan fingerprint density at radius 2 is 2.31 bits per heavy atom. The van der Waals surface area contributed by atoms with Crippen molar-refractivity contribution in [2.75, 3.05) is 37.7 Å². The molecule has 0 aromatic carbocycles. The van der Waals surface area contributed by atoms with E-state index in [0.717, 1.165) is 38.0 Å². The van der Waals surface area contributed by atoms with E-state index in [2.05, 4.69) is 15.2 Å². The first-order chi connectivity index (χ1) is 7.93. The summed E-state index contributed by atoms with van der Waals surface area (Å²) >= 11 is 1.83. The number of thiazole rings is 1. The van der Waals surface area contributed by atoms with Crippen molar-refractivity contribution in [3.05, 3.63) is 11.1 Å². The van der Waals surface area contributed by atoms with Crippen molar-refractivity contribution in [2.45, 2.75) is 18.9 Å². The van der Waals surface area contributed by atoms with Crippen LogP contribution in [0.1, 0.15) is 23.8 Å². The summed E-state index contributed by atoms with van der Waals surface area (Å²) in [6, 6.07) is 0.548. The number of morpholine rings is 1. The van der Waals surface area contributed by atoms with Crippen LogP contribution in [0.4, 0.5) is 5.13 Å². The number of hydrogen-bond acceptors (Lipinski definition) is 5. The van der Waals surface area contributed by atoms with Crippen LogP contribution >= 0.6 is 11.3 Å². The Kier molecular flexibility index (Phi) is 3.08. The number of nitrogens with zero attached hydrogens (tertiary/aromatic N) is 2. The van der Waals surface area contributed by atoms with Gasteiger partial charge < -0.3 is 15.0 Å². The van der Waals surface area contributed by atoms with Gasteiger partial charge in [-0.3, -0.25) is 0 Å². The van der Waals surface area contributed by atoms with Gasteiger partial charge in [0.15, 0.2) is 5.13 Å². The molecule has 16 heavy (non-hydrogen) atoms. The molecule has 1 aromatic heterocycles. The van der Waals surface area contributed by atoms with Crippen LogP contribution in [-0.2, 0) is 4.74 Å². The highest BCUT2D eigenvalue weighted by atomic mass is 32.1. The third-order valence-corrected chi connectivity index (χ3v) is 4.37. The van der Waals surface area contributed by atoms with Crippen molar-refractivity contribution < 1.29 is 4.74 Å². The average molecular weight is 239 g/mol. The Hall–Kier alpha value is -0.650. The molecule has 5 heteroatoms. The monoisotopic (exact) mass is 239 g/mol. The fourth-order valence-corrected chi connectivity index (χ4v) is 3.34. The average Bonchev–Trinajstić information content (AvgIpc) is 3.01. The maximum absolute atomic E-state index is 5.35. The lowest BCUT2D eigenvalue weighted by molar-refractivity contribution is 0.122. The minimum Gasteiger partial charge on any atom is -0.378 e. The van der Waals surface area contributed by atoms with Gasteiger partial charge in [0.1, 0.15) is 0 Å². The van der Waals surface area contributed by atoms with E-state index in [4.69, 9.17) is 4.74 Å². The summed E-state index contributed by atoms with van der Waals surface area (Å²) in [6.07, 6.45) is 4.58. The Morgan fingerprint density at radius 3 is 3.06 bits per heavy atom. The fraction of sp³-hybridized carbons (Fsp3) is 0.727. The van der Waals surface area contributed by atoms with E-state index in [1.54, 1.807) is 0 Å². The second kappa shape index (κ2) is 4.69. The predicted molar refractivity (Wildman–Crippen MR) is 65.1 cm³/mol. The van der Waals surface area contributed by atoms with Crippen molar-refractivity contribution in [3.63, 3.8) is 0 Å². The summed E-state index contributed by atoms with van der Waals surface area (Å²) in [5.41, 5.74) is 0.